The second-order valence-electron chi connectivity index (χ2n) is 5.85. The van der Waals surface area contributed by atoms with Crippen LogP contribution in [0.15, 0.2) is 48.9 Å². The monoisotopic (exact) mass is 404 g/mol. The third kappa shape index (κ3) is 4.82. The number of nitrogens with one attached hydrogen (secondary N) is 3. The van der Waals surface area contributed by atoms with Gasteiger partial charge in [-0.2, -0.15) is 10.5 Å². The number of H-pyrrole nitrogens is 1. The summed E-state index contributed by atoms with van der Waals surface area (Å²) in [6.07, 6.45) is 4.62. The molecule has 3 rings (SSSR count). The molecule has 1 aromatic carbocycles. The van der Waals surface area contributed by atoms with Crippen LogP contribution in [0.3, 0.4) is 0 Å². The third-order valence-corrected chi connectivity index (χ3v) is 3.93. The number of tetrazole rings is 1. The van der Waals surface area contributed by atoms with Crippen molar-refractivity contribution in [2.24, 2.45) is 0 Å². The molecule has 3 N–H and O–H groups in total. The third-order valence-electron chi connectivity index (χ3n) is 3.93. The molecule has 2 aromatic heterocycles. The molecule has 0 aliphatic carbocycles. The molecule has 0 saturated heterocycles. The zero-order valence-electron chi connectivity index (χ0n) is 15.8. The lowest BCUT2D eigenvalue weighted by molar-refractivity contribution is -0.115. The maximum Gasteiger partial charge on any atom is 0.340 e. The maximum atomic E-state index is 12.5. The van der Waals surface area contributed by atoms with Crippen molar-refractivity contribution in [3.8, 4) is 6.07 Å². The van der Waals surface area contributed by atoms with Crippen molar-refractivity contribution < 1.29 is 14.3 Å². The molecule has 0 aliphatic rings. The standard InChI is InChI=1S/C19H16N8O3/c1-30-19(29)14-3-2-4-15(23-16(28)9-12-5-7-21-8-6-12)17(14)22-11-13(10-20)18-24-26-27-25-18/h2-8,11,22H,9H2,1H3,(H,23,28)(H,24,25,26,27). The summed E-state index contributed by atoms with van der Waals surface area (Å²) in [6.45, 7) is 0. The van der Waals surface area contributed by atoms with Gasteiger partial charge in [-0.3, -0.25) is 9.78 Å². The van der Waals surface area contributed by atoms with E-state index in [2.05, 4.69) is 36.2 Å². The average molecular weight is 404 g/mol. The Labute approximate surface area is 170 Å². The fourth-order valence-corrected chi connectivity index (χ4v) is 2.54. The van der Waals surface area contributed by atoms with E-state index in [4.69, 9.17) is 4.74 Å². The highest BCUT2D eigenvalue weighted by Gasteiger charge is 2.17. The number of methoxy groups -OCH3 is 1. The van der Waals surface area contributed by atoms with E-state index in [9.17, 15) is 14.9 Å². The van der Waals surface area contributed by atoms with Gasteiger partial charge in [0.25, 0.3) is 0 Å². The number of nitriles is 1. The number of benzene rings is 1. The Morgan fingerprint density at radius 3 is 2.73 bits per heavy atom. The zero-order chi connectivity index (χ0) is 21.3. The first-order chi connectivity index (χ1) is 14.6. The Hall–Kier alpha value is -4.59. The van der Waals surface area contributed by atoms with Gasteiger partial charge in [-0.05, 0) is 35.0 Å². The smallest absolute Gasteiger partial charge is 0.340 e. The number of aromatic amines is 1. The number of aromatic nitrogens is 5. The van der Waals surface area contributed by atoms with Crippen molar-refractivity contribution in [1.29, 1.82) is 5.26 Å². The minimum Gasteiger partial charge on any atom is -0.465 e. The van der Waals surface area contributed by atoms with Gasteiger partial charge in [0.05, 0.1) is 30.5 Å². The first-order valence-electron chi connectivity index (χ1n) is 8.63. The lowest BCUT2D eigenvalue weighted by Crippen LogP contribution is -2.17. The minimum absolute atomic E-state index is 0.0671. The van der Waals surface area contributed by atoms with Gasteiger partial charge >= 0.3 is 5.97 Å². The summed E-state index contributed by atoms with van der Waals surface area (Å²) in [6, 6.07) is 10.2. The van der Waals surface area contributed by atoms with E-state index >= 15 is 0 Å². The number of anilines is 2. The number of esters is 1. The van der Waals surface area contributed by atoms with Crippen molar-refractivity contribution in [2.75, 3.05) is 17.7 Å². The van der Waals surface area contributed by atoms with Crippen LogP contribution in [-0.2, 0) is 16.0 Å². The number of carbonyl (C=O) groups excluding carboxylic acids is 2. The Morgan fingerprint density at radius 2 is 2.07 bits per heavy atom. The molecule has 30 heavy (non-hydrogen) atoms. The van der Waals surface area contributed by atoms with Crippen molar-refractivity contribution in [2.45, 2.75) is 6.42 Å². The maximum absolute atomic E-state index is 12.5. The predicted octanol–water partition coefficient (Wildman–Crippen LogP) is 1.54. The minimum atomic E-state index is -0.616. The summed E-state index contributed by atoms with van der Waals surface area (Å²) in [5.41, 5.74) is 1.60. The van der Waals surface area contributed by atoms with E-state index < -0.39 is 5.97 Å². The van der Waals surface area contributed by atoms with Crippen LogP contribution in [0, 0.1) is 11.3 Å². The van der Waals surface area contributed by atoms with E-state index in [0.717, 1.165) is 5.56 Å². The zero-order valence-corrected chi connectivity index (χ0v) is 15.8. The summed E-state index contributed by atoms with van der Waals surface area (Å²) in [5, 5.41) is 28.1. The first kappa shape index (κ1) is 20.2. The molecule has 0 atom stereocenters. The lowest BCUT2D eigenvalue weighted by atomic mass is 10.1. The van der Waals surface area contributed by atoms with E-state index in [1.165, 1.54) is 19.4 Å². The summed E-state index contributed by atoms with van der Waals surface area (Å²) in [7, 11) is 1.25. The molecule has 0 spiro atoms. The first-order valence-corrected chi connectivity index (χ1v) is 8.63. The number of hydrogen-bond donors (Lipinski definition) is 3. The number of ether oxygens (including phenoxy) is 1. The number of para-hydroxylation sites is 1. The summed E-state index contributed by atoms with van der Waals surface area (Å²) in [5.74, 6) is -0.841. The van der Waals surface area contributed by atoms with Gasteiger partial charge in [-0.15, -0.1) is 10.2 Å². The normalized spacial score (nSPS) is 10.7. The molecule has 0 fully saturated rings. The number of amides is 1. The van der Waals surface area contributed by atoms with Gasteiger partial charge in [0.2, 0.25) is 11.7 Å². The molecular formula is C19H16N8O3. The van der Waals surface area contributed by atoms with Crippen molar-refractivity contribution in [1.82, 2.24) is 25.6 Å². The summed E-state index contributed by atoms with van der Waals surface area (Å²) < 4.78 is 4.81. The highest BCUT2D eigenvalue weighted by molar-refractivity contribution is 6.03. The quantitative estimate of drug-likeness (QED) is 0.392. The lowest BCUT2D eigenvalue weighted by Gasteiger charge is -2.14. The molecule has 0 aliphatic heterocycles. The van der Waals surface area contributed by atoms with Crippen molar-refractivity contribution in [3.63, 3.8) is 0 Å². The number of pyridine rings is 1. The van der Waals surface area contributed by atoms with Crippen LogP contribution in [-0.4, -0.2) is 44.6 Å². The van der Waals surface area contributed by atoms with Crippen LogP contribution in [0.25, 0.3) is 5.57 Å². The van der Waals surface area contributed by atoms with Gasteiger partial charge in [0.1, 0.15) is 11.6 Å². The Morgan fingerprint density at radius 1 is 1.27 bits per heavy atom. The van der Waals surface area contributed by atoms with Gasteiger partial charge in [-0.1, -0.05) is 6.07 Å². The van der Waals surface area contributed by atoms with Gasteiger partial charge < -0.3 is 15.4 Å². The second kappa shape index (κ2) is 9.56. The molecule has 2 heterocycles. The fraction of sp³-hybridized carbons (Fsp3) is 0.105. The number of carbonyl (C=O) groups is 2. The molecule has 0 unspecified atom stereocenters. The van der Waals surface area contributed by atoms with Gasteiger partial charge in [0, 0.05) is 18.6 Å². The summed E-state index contributed by atoms with van der Waals surface area (Å²) >= 11 is 0. The highest BCUT2D eigenvalue weighted by Crippen LogP contribution is 2.28. The fourth-order valence-electron chi connectivity index (χ4n) is 2.54. The van der Waals surface area contributed by atoms with Crippen LogP contribution < -0.4 is 10.6 Å². The largest absolute Gasteiger partial charge is 0.465 e. The van der Waals surface area contributed by atoms with Crippen LogP contribution in [0.4, 0.5) is 11.4 Å². The predicted molar refractivity (Wildman–Crippen MR) is 106 cm³/mol. The van der Waals surface area contributed by atoms with Crippen LogP contribution in [0.2, 0.25) is 0 Å². The number of allylic oxidation sites excluding steroid dienone is 1. The molecule has 0 bridgehead atoms. The van der Waals surface area contributed by atoms with Gasteiger partial charge in [0.15, 0.2) is 0 Å². The van der Waals surface area contributed by atoms with Crippen molar-refractivity contribution >= 4 is 28.8 Å². The van der Waals surface area contributed by atoms with E-state index in [0.29, 0.717) is 5.69 Å². The molecule has 150 valence electrons. The number of nitrogens with zero attached hydrogens (tertiary/aromatic N) is 5. The Balaban J connectivity index is 1.90. The van der Waals surface area contributed by atoms with E-state index in [1.54, 1.807) is 36.7 Å². The topological polar surface area (TPSA) is 159 Å². The molecule has 11 nitrogen and oxygen atoms in total. The van der Waals surface area contributed by atoms with Crippen molar-refractivity contribution in [3.05, 3.63) is 65.9 Å². The second-order valence-corrected chi connectivity index (χ2v) is 5.85. The van der Waals surface area contributed by atoms with Crippen LogP contribution in [0.1, 0.15) is 21.7 Å². The molecular weight excluding hydrogens is 388 g/mol. The van der Waals surface area contributed by atoms with Crippen LogP contribution >= 0.6 is 0 Å². The van der Waals surface area contributed by atoms with Gasteiger partial charge in [-0.25, -0.2) is 4.79 Å². The Kier molecular flexibility index (Phi) is 6.42. The molecule has 11 heteroatoms. The summed E-state index contributed by atoms with van der Waals surface area (Å²) in [4.78, 5) is 28.6. The molecule has 0 radical (unpaired) electrons. The van der Waals surface area contributed by atoms with E-state index in [1.807, 2.05) is 6.07 Å². The van der Waals surface area contributed by atoms with Crippen LogP contribution in [0.5, 0.6) is 0 Å². The SMILES string of the molecule is COC(=O)c1cccc(NC(=O)Cc2ccncc2)c1NC=C(C#N)c1nn[nH]n1. The molecule has 1 amide bonds. The number of hydrogen-bond acceptors (Lipinski definition) is 9. The molecule has 0 saturated carbocycles. The average Bonchev–Trinajstić information content (AvgIpc) is 3.29. The van der Waals surface area contributed by atoms with E-state index in [-0.39, 0.29) is 35.0 Å². The molecule has 3 aromatic rings. The highest BCUT2D eigenvalue weighted by atomic mass is 16.5. The number of rotatable bonds is 7. The Bertz CT molecular complexity index is 1100.